The van der Waals surface area contributed by atoms with Gasteiger partial charge in [0.2, 0.25) is 0 Å². The van der Waals surface area contributed by atoms with E-state index in [1.54, 1.807) is 18.9 Å². The zero-order chi connectivity index (χ0) is 15.1. The van der Waals surface area contributed by atoms with Gasteiger partial charge >= 0.3 is 0 Å². The van der Waals surface area contributed by atoms with E-state index in [0.29, 0.717) is 0 Å². The van der Waals surface area contributed by atoms with Crippen LogP contribution >= 0.6 is 43.6 Å². The van der Waals surface area contributed by atoms with Crippen molar-refractivity contribution in [3.63, 3.8) is 0 Å². The van der Waals surface area contributed by atoms with Crippen LogP contribution in [0.5, 0.6) is 0 Å². The van der Waals surface area contributed by atoms with Crippen molar-refractivity contribution in [1.82, 2.24) is 5.32 Å². The molecular formula is C16H17Br2NOS. The van der Waals surface area contributed by atoms with Crippen molar-refractivity contribution < 1.29 is 4.74 Å². The molecule has 0 radical (unpaired) electrons. The SMILES string of the molecule is COCCNCc1cc(Br)ccc1Sc1cccc(Br)c1. The topological polar surface area (TPSA) is 21.3 Å². The Balaban J connectivity index is 2.10. The summed E-state index contributed by atoms with van der Waals surface area (Å²) in [6, 6.07) is 14.8. The molecule has 0 bridgehead atoms. The normalized spacial score (nSPS) is 10.8. The lowest BCUT2D eigenvalue weighted by molar-refractivity contribution is 0.199. The molecule has 0 aliphatic heterocycles. The lowest BCUT2D eigenvalue weighted by Gasteiger charge is -2.11. The third kappa shape index (κ3) is 5.75. The van der Waals surface area contributed by atoms with Crippen molar-refractivity contribution in [2.75, 3.05) is 20.3 Å². The molecule has 0 saturated heterocycles. The number of hydrogen-bond donors (Lipinski definition) is 1. The number of rotatable bonds is 7. The zero-order valence-corrected chi connectivity index (χ0v) is 15.7. The highest BCUT2D eigenvalue weighted by Crippen LogP contribution is 2.33. The van der Waals surface area contributed by atoms with Gasteiger partial charge in [0.05, 0.1) is 6.61 Å². The van der Waals surface area contributed by atoms with Gasteiger partial charge in [0, 0.05) is 38.9 Å². The van der Waals surface area contributed by atoms with Crippen LogP contribution in [0.4, 0.5) is 0 Å². The first-order valence-corrected chi connectivity index (χ1v) is 9.01. The van der Waals surface area contributed by atoms with Crippen molar-refractivity contribution in [3.05, 3.63) is 57.0 Å². The van der Waals surface area contributed by atoms with E-state index in [4.69, 9.17) is 4.74 Å². The second-order valence-corrected chi connectivity index (χ2v) is 7.43. The van der Waals surface area contributed by atoms with E-state index in [9.17, 15) is 0 Å². The molecule has 2 nitrogen and oxygen atoms in total. The molecule has 0 atom stereocenters. The fourth-order valence-electron chi connectivity index (χ4n) is 1.84. The van der Waals surface area contributed by atoms with Gasteiger partial charge in [-0.05, 0) is 42.0 Å². The maximum atomic E-state index is 5.06. The highest BCUT2D eigenvalue weighted by atomic mass is 79.9. The Morgan fingerprint density at radius 3 is 2.67 bits per heavy atom. The lowest BCUT2D eigenvalue weighted by atomic mass is 10.2. The Kier molecular flexibility index (Phi) is 7.26. The smallest absolute Gasteiger partial charge is 0.0587 e. The van der Waals surface area contributed by atoms with Gasteiger partial charge < -0.3 is 10.1 Å². The van der Waals surface area contributed by atoms with Crippen LogP contribution in [0.1, 0.15) is 5.56 Å². The highest BCUT2D eigenvalue weighted by molar-refractivity contribution is 9.10. The quantitative estimate of drug-likeness (QED) is 0.617. The van der Waals surface area contributed by atoms with Gasteiger partial charge in [-0.2, -0.15) is 0 Å². The van der Waals surface area contributed by atoms with Crippen molar-refractivity contribution in [2.24, 2.45) is 0 Å². The maximum Gasteiger partial charge on any atom is 0.0587 e. The average Bonchev–Trinajstić information content (AvgIpc) is 2.46. The van der Waals surface area contributed by atoms with E-state index in [-0.39, 0.29) is 0 Å². The first-order valence-electron chi connectivity index (χ1n) is 6.60. The Bertz CT molecular complexity index is 592. The first kappa shape index (κ1) is 17.0. The number of nitrogens with one attached hydrogen (secondary N) is 1. The molecule has 2 aromatic carbocycles. The average molecular weight is 431 g/mol. The third-order valence-electron chi connectivity index (χ3n) is 2.84. The van der Waals surface area contributed by atoms with Crippen LogP contribution < -0.4 is 5.32 Å². The number of methoxy groups -OCH3 is 1. The predicted molar refractivity (Wildman–Crippen MR) is 96.0 cm³/mol. The van der Waals surface area contributed by atoms with Crippen molar-refractivity contribution in [3.8, 4) is 0 Å². The molecule has 0 saturated carbocycles. The molecule has 2 aromatic rings. The Morgan fingerprint density at radius 1 is 1.10 bits per heavy atom. The van der Waals surface area contributed by atoms with Crippen LogP contribution in [0.15, 0.2) is 61.2 Å². The van der Waals surface area contributed by atoms with Crippen LogP contribution in [-0.2, 0) is 11.3 Å². The maximum absolute atomic E-state index is 5.06. The van der Waals surface area contributed by atoms with E-state index < -0.39 is 0 Å². The molecule has 2 rings (SSSR count). The summed E-state index contributed by atoms with van der Waals surface area (Å²) >= 11 is 8.84. The van der Waals surface area contributed by atoms with Crippen LogP contribution in [0.3, 0.4) is 0 Å². The van der Waals surface area contributed by atoms with Gasteiger partial charge in [0.15, 0.2) is 0 Å². The fourth-order valence-corrected chi connectivity index (χ4v) is 3.78. The largest absolute Gasteiger partial charge is 0.383 e. The van der Waals surface area contributed by atoms with Gasteiger partial charge in [-0.25, -0.2) is 0 Å². The third-order valence-corrected chi connectivity index (χ3v) is 4.94. The number of halogens is 2. The predicted octanol–water partition coefficient (Wildman–Crippen LogP) is 5.10. The molecule has 1 N–H and O–H groups in total. The minimum absolute atomic E-state index is 0.724. The molecule has 0 aliphatic carbocycles. The van der Waals surface area contributed by atoms with Crippen LogP contribution in [0, 0.1) is 0 Å². The fraction of sp³-hybridized carbons (Fsp3) is 0.250. The summed E-state index contributed by atoms with van der Waals surface area (Å²) in [5.74, 6) is 0. The number of benzene rings is 2. The molecule has 5 heteroatoms. The summed E-state index contributed by atoms with van der Waals surface area (Å²) < 4.78 is 7.26. The summed E-state index contributed by atoms with van der Waals surface area (Å²) in [4.78, 5) is 2.49. The van der Waals surface area contributed by atoms with Crippen molar-refractivity contribution in [2.45, 2.75) is 16.3 Å². The Morgan fingerprint density at radius 2 is 1.90 bits per heavy atom. The first-order chi connectivity index (χ1) is 10.2. The van der Waals surface area contributed by atoms with Gasteiger partial charge in [-0.1, -0.05) is 49.7 Å². The summed E-state index contributed by atoms with van der Waals surface area (Å²) in [5.41, 5.74) is 1.28. The van der Waals surface area contributed by atoms with Gasteiger partial charge in [0.25, 0.3) is 0 Å². The minimum Gasteiger partial charge on any atom is -0.383 e. The molecule has 0 aromatic heterocycles. The van der Waals surface area contributed by atoms with Gasteiger partial charge in [0.1, 0.15) is 0 Å². The van der Waals surface area contributed by atoms with Crippen molar-refractivity contribution >= 4 is 43.6 Å². The van der Waals surface area contributed by atoms with E-state index in [0.717, 1.165) is 28.6 Å². The molecule has 0 spiro atoms. The van der Waals surface area contributed by atoms with Crippen LogP contribution in [0.2, 0.25) is 0 Å². The highest BCUT2D eigenvalue weighted by Gasteiger charge is 2.06. The second-order valence-electron chi connectivity index (χ2n) is 4.48. The summed E-state index contributed by atoms with van der Waals surface area (Å²) in [6.07, 6.45) is 0. The van der Waals surface area contributed by atoms with Crippen LogP contribution in [-0.4, -0.2) is 20.3 Å². The molecule has 0 amide bonds. The molecule has 21 heavy (non-hydrogen) atoms. The molecule has 0 fully saturated rings. The summed E-state index contributed by atoms with van der Waals surface area (Å²) in [5, 5.41) is 3.40. The van der Waals surface area contributed by atoms with E-state index in [2.05, 4.69) is 73.6 Å². The van der Waals surface area contributed by atoms with Gasteiger partial charge in [-0.15, -0.1) is 0 Å². The minimum atomic E-state index is 0.724. The number of hydrogen-bond acceptors (Lipinski definition) is 3. The van der Waals surface area contributed by atoms with E-state index >= 15 is 0 Å². The van der Waals surface area contributed by atoms with E-state index in [1.807, 2.05) is 6.07 Å². The molecular weight excluding hydrogens is 414 g/mol. The Hall–Kier alpha value is -0.330. The summed E-state index contributed by atoms with van der Waals surface area (Å²) in [6.45, 7) is 2.41. The molecule has 112 valence electrons. The zero-order valence-electron chi connectivity index (χ0n) is 11.7. The molecule has 0 heterocycles. The lowest BCUT2D eigenvalue weighted by Crippen LogP contribution is -2.18. The molecule has 0 unspecified atom stereocenters. The van der Waals surface area contributed by atoms with E-state index in [1.165, 1.54) is 15.4 Å². The van der Waals surface area contributed by atoms with Gasteiger partial charge in [-0.3, -0.25) is 0 Å². The standard InChI is InChI=1S/C16H17Br2NOS/c1-20-8-7-19-11-12-9-14(18)5-6-16(12)21-15-4-2-3-13(17)10-15/h2-6,9-10,19H,7-8,11H2,1H3. The second kappa shape index (κ2) is 8.96. The van der Waals surface area contributed by atoms with Crippen LogP contribution in [0.25, 0.3) is 0 Å². The monoisotopic (exact) mass is 429 g/mol. The number of ether oxygens (including phenoxy) is 1. The molecule has 0 aliphatic rings. The Labute approximate surface area is 146 Å². The van der Waals surface area contributed by atoms with Crippen molar-refractivity contribution in [1.29, 1.82) is 0 Å². The summed E-state index contributed by atoms with van der Waals surface area (Å²) in [7, 11) is 1.72.